The first kappa shape index (κ1) is 18.0. The molecule has 0 amide bonds. The minimum absolute atomic E-state index is 0.325. The molecule has 3 rings (SSSR count). The summed E-state index contributed by atoms with van der Waals surface area (Å²) >= 11 is 1.47. The van der Waals surface area contributed by atoms with Crippen LogP contribution in [0.25, 0.3) is 5.13 Å². The summed E-state index contributed by atoms with van der Waals surface area (Å²) in [4.78, 5) is 28.7. The lowest BCUT2D eigenvalue weighted by Crippen LogP contribution is -2.20. The van der Waals surface area contributed by atoms with Crippen LogP contribution >= 0.6 is 11.3 Å². The molecule has 0 saturated heterocycles. The first-order valence-electron chi connectivity index (χ1n) is 8.00. The minimum atomic E-state index is -1.41. The van der Waals surface area contributed by atoms with Crippen molar-refractivity contribution >= 4 is 23.1 Å². The molecule has 3 aromatic rings. The summed E-state index contributed by atoms with van der Waals surface area (Å²) in [5.41, 5.74) is 2.50. The second kappa shape index (κ2) is 7.63. The molecule has 0 spiro atoms. The van der Waals surface area contributed by atoms with Gasteiger partial charge in [0.1, 0.15) is 0 Å². The van der Waals surface area contributed by atoms with Gasteiger partial charge in [-0.2, -0.15) is 0 Å². The molecular weight excluding hydrogens is 352 g/mol. The highest BCUT2D eigenvalue weighted by atomic mass is 32.1. The largest absolute Gasteiger partial charge is 0.455 e. The number of ether oxygens (including phenoxy) is 1. The van der Waals surface area contributed by atoms with Gasteiger partial charge in [-0.3, -0.25) is 9.36 Å². The van der Waals surface area contributed by atoms with Crippen molar-refractivity contribution in [3.05, 3.63) is 70.5 Å². The van der Waals surface area contributed by atoms with Crippen LogP contribution in [0, 0.1) is 13.8 Å². The van der Waals surface area contributed by atoms with Crippen molar-refractivity contribution in [2.75, 3.05) is 6.61 Å². The monoisotopic (exact) mass is 370 g/mol. The molecule has 7 heteroatoms. The van der Waals surface area contributed by atoms with Crippen LogP contribution in [0.1, 0.15) is 33.4 Å². The Labute approximate surface area is 154 Å². The Hall–Kier alpha value is -2.77. The lowest BCUT2D eigenvalue weighted by atomic mass is 10.1. The van der Waals surface area contributed by atoms with Crippen molar-refractivity contribution in [3.63, 3.8) is 0 Å². The van der Waals surface area contributed by atoms with Gasteiger partial charge < -0.3 is 9.84 Å². The summed E-state index contributed by atoms with van der Waals surface area (Å²) in [7, 11) is 0. The smallest absolute Gasteiger partial charge is 0.340 e. The fraction of sp³-hybridized carbons (Fsp3) is 0.211. The fourth-order valence-electron chi connectivity index (χ4n) is 2.73. The lowest BCUT2D eigenvalue weighted by molar-refractivity contribution is -0.152. The molecule has 6 nitrogen and oxygen atoms in total. The van der Waals surface area contributed by atoms with Gasteiger partial charge in [-0.05, 0) is 25.5 Å². The van der Waals surface area contributed by atoms with Gasteiger partial charge in [0, 0.05) is 28.5 Å². The normalized spacial score (nSPS) is 12.0. The number of esters is 1. The standard InChI is InChI=1S/C19H18N2O4S/c1-12-10-15(13(2)21(12)19-20-8-9-26-19)16(22)11-25-18(24)17(23)14-6-4-3-5-7-14/h3-10,17,23H,11H2,1-2H3/t17-/m0/s1. The number of carbonyl (C=O) groups excluding carboxylic acids is 2. The number of carbonyl (C=O) groups is 2. The van der Waals surface area contributed by atoms with Gasteiger partial charge in [0.25, 0.3) is 0 Å². The maximum atomic E-state index is 12.5. The summed E-state index contributed by atoms with van der Waals surface area (Å²) in [5, 5.41) is 12.6. The zero-order chi connectivity index (χ0) is 18.7. The second-order valence-electron chi connectivity index (χ2n) is 5.78. The van der Waals surface area contributed by atoms with E-state index in [2.05, 4.69) is 4.98 Å². The minimum Gasteiger partial charge on any atom is -0.455 e. The van der Waals surface area contributed by atoms with E-state index in [1.807, 2.05) is 23.8 Å². The van der Waals surface area contributed by atoms with E-state index in [1.54, 1.807) is 42.6 Å². The highest BCUT2D eigenvalue weighted by Crippen LogP contribution is 2.23. The highest BCUT2D eigenvalue weighted by molar-refractivity contribution is 7.12. The van der Waals surface area contributed by atoms with Crippen LogP contribution < -0.4 is 0 Å². The third kappa shape index (κ3) is 3.58. The molecule has 26 heavy (non-hydrogen) atoms. The number of aliphatic hydroxyl groups is 1. The summed E-state index contributed by atoms with van der Waals surface area (Å²) in [5.74, 6) is -1.17. The number of rotatable bonds is 6. The van der Waals surface area contributed by atoms with Crippen molar-refractivity contribution in [3.8, 4) is 5.13 Å². The number of nitrogens with zero attached hydrogens (tertiary/aromatic N) is 2. The summed E-state index contributed by atoms with van der Waals surface area (Å²) in [6, 6.07) is 10.2. The SMILES string of the molecule is Cc1cc(C(=O)COC(=O)[C@@H](O)c2ccccc2)c(C)n1-c1nccs1. The van der Waals surface area contributed by atoms with Crippen molar-refractivity contribution in [1.29, 1.82) is 0 Å². The molecule has 2 heterocycles. The number of aromatic nitrogens is 2. The van der Waals surface area contributed by atoms with E-state index in [0.717, 1.165) is 16.5 Å². The van der Waals surface area contributed by atoms with E-state index in [-0.39, 0.29) is 5.78 Å². The Kier molecular flexibility index (Phi) is 5.29. The number of hydrogen-bond acceptors (Lipinski definition) is 6. The molecule has 134 valence electrons. The molecule has 0 radical (unpaired) electrons. The Morgan fingerprint density at radius 1 is 1.27 bits per heavy atom. The second-order valence-corrected chi connectivity index (χ2v) is 6.65. The van der Waals surface area contributed by atoms with Crippen molar-refractivity contribution in [2.24, 2.45) is 0 Å². The van der Waals surface area contributed by atoms with Gasteiger partial charge in [0.05, 0.1) is 0 Å². The molecule has 2 aromatic heterocycles. The van der Waals surface area contributed by atoms with Crippen molar-refractivity contribution < 1.29 is 19.4 Å². The molecule has 0 aliphatic rings. The van der Waals surface area contributed by atoms with Gasteiger partial charge in [-0.15, -0.1) is 11.3 Å². The zero-order valence-electron chi connectivity index (χ0n) is 14.4. The summed E-state index contributed by atoms with van der Waals surface area (Å²) in [6.45, 7) is 3.28. The maximum Gasteiger partial charge on any atom is 0.340 e. The van der Waals surface area contributed by atoms with E-state index in [1.165, 1.54) is 11.3 Å². The topological polar surface area (TPSA) is 81.4 Å². The van der Waals surface area contributed by atoms with Crippen LogP contribution in [-0.2, 0) is 9.53 Å². The molecule has 0 aliphatic heterocycles. The summed E-state index contributed by atoms with van der Waals surface area (Å²) < 4.78 is 6.90. The Balaban J connectivity index is 1.69. The Morgan fingerprint density at radius 3 is 2.65 bits per heavy atom. The van der Waals surface area contributed by atoms with Gasteiger partial charge in [-0.1, -0.05) is 30.3 Å². The molecule has 1 aromatic carbocycles. The molecule has 0 aliphatic carbocycles. The predicted molar refractivity (Wildman–Crippen MR) is 97.6 cm³/mol. The number of aliphatic hydroxyl groups excluding tert-OH is 1. The first-order valence-corrected chi connectivity index (χ1v) is 8.88. The van der Waals surface area contributed by atoms with Crippen molar-refractivity contribution in [1.82, 2.24) is 9.55 Å². The molecule has 0 unspecified atom stereocenters. The Bertz CT molecular complexity index is 917. The quantitative estimate of drug-likeness (QED) is 0.533. The van der Waals surface area contributed by atoms with Crippen LogP contribution in [-0.4, -0.2) is 33.0 Å². The average molecular weight is 370 g/mol. The van der Waals surface area contributed by atoms with E-state index in [4.69, 9.17) is 4.74 Å². The first-order chi connectivity index (χ1) is 12.5. The van der Waals surface area contributed by atoms with E-state index in [0.29, 0.717) is 11.1 Å². The van der Waals surface area contributed by atoms with Crippen LogP contribution in [0.5, 0.6) is 0 Å². The number of benzene rings is 1. The number of Topliss-reactive ketones (excluding diaryl/α,β-unsaturated/α-hetero) is 1. The zero-order valence-corrected chi connectivity index (χ0v) is 15.2. The van der Waals surface area contributed by atoms with Crippen LogP contribution in [0.4, 0.5) is 0 Å². The van der Waals surface area contributed by atoms with Gasteiger partial charge in [0.2, 0.25) is 5.78 Å². The molecule has 1 atom stereocenters. The summed E-state index contributed by atoms with van der Waals surface area (Å²) in [6.07, 6.45) is 0.291. The molecular formula is C19H18N2O4S. The lowest BCUT2D eigenvalue weighted by Gasteiger charge is -2.10. The molecule has 0 fully saturated rings. The Morgan fingerprint density at radius 2 is 2.00 bits per heavy atom. The van der Waals surface area contributed by atoms with Gasteiger partial charge >= 0.3 is 5.97 Å². The fourth-order valence-corrected chi connectivity index (χ4v) is 3.48. The maximum absolute atomic E-state index is 12.5. The predicted octanol–water partition coefficient (Wildman–Crippen LogP) is 3.01. The van der Waals surface area contributed by atoms with Gasteiger partial charge in [-0.25, -0.2) is 9.78 Å². The molecule has 1 N–H and O–H groups in total. The van der Waals surface area contributed by atoms with Crippen LogP contribution in [0.2, 0.25) is 0 Å². The third-order valence-corrected chi connectivity index (χ3v) is 4.78. The number of thiazole rings is 1. The highest BCUT2D eigenvalue weighted by Gasteiger charge is 2.22. The van der Waals surface area contributed by atoms with Crippen LogP contribution in [0.15, 0.2) is 48.0 Å². The number of aryl methyl sites for hydroxylation is 1. The van der Waals surface area contributed by atoms with Crippen molar-refractivity contribution in [2.45, 2.75) is 20.0 Å². The van der Waals surface area contributed by atoms with E-state index in [9.17, 15) is 14.7 Å². The van der Waals surface area contributed by atoms with E-state index >= 15 is 0 Å². The number of hydrogen-bond donors (Lipinski definition) is 1. The van der Waals surface area contributed by atoms with Gasteiger partial charge in [0.15, 0.2) is 17.8 Å². The number of ketones is 1. The van der Waals surface area contributed by atoms with Crippen LogP contribution in [0.3, 0.4) is 0 Å². The molecule has 0 saturated carbocycles. The average Bonchev–Trinajstić information content (AvgIpc) is 3.27. The van der Waals surface area contributed by atoms with E-state index < -0.39 is 18.7 Å². The molecule has 0 bridgehead atoms. The third-order valence-electron chi connectivity index (χ3n) is 4.03.